The molecule has 2 amide bonds. The molecule has 0 fully saturated rings. The summed E-state index contributed by atoms with van der Waals surface area (Å²) in [7, 11) is 0. The first-order chi connectivity index (χ1) is 12.4. The first-order valence-electron chi connectivity index (χ1n) is 8.43. The second kappa shape index (κ2) is 8.80. The second-order valence-electron chi connectivity index (χ2n) is 6.04. The highest BCUT2D eigenvalue weighted by Crippen LogP contribution is 2.18. The van der Waals surface area contributed by atoms with Crippen LogP contribution in [0.15, 0.2) is 54.6 Å². The molecule has 2 atom stereocenters. The van der Waals surface area contributed by atoms with Gasteiger partial charge in [-0.1, -0.05) is 50.6 Å². The highest BCUT2D eigenvalue weighted by molar-refractivity contribution is 6.09. The van der Waals surface area contributed by atoms with Gasteiger partial charge >= 0.3 is 5.97 Å². The van der Waals surface area contributed by atoms with Gasteiger partial charge in [0.2, 0.25) is 0 Å². The van der Waals surface area contributed by atoms with Crippen LogP contribution in [-0.2, 0) is 4.79 Å². The van der Waals surface area contributed by atoms with Crippen LogP contribution in [-0.4, -0.2) is 28.9 Å². The third-order valence-electron chi connectivity index (χ3n) is 4.22. The molecule has 0 saturated carbocycles. The molecule has 0 spiro atoms. The maximum atomic E-state index is 12.6. The Morgan fingerprint density at radius 3 is 2.19 bits per heavy atom. The number of nitrogens with one attached hydrogen (secondary N) is 2. The molecule has 6 heteroatoms. The fraction of sp³-hybridized carbons (Fsp3) is 0.250. The predicted molar refractivity (Wildman–Crippen MR) is 99.2 cm³/mol. The van der Waals surface area contributed by atoms with Gasteiger partial charge in [-0.2, -0.15) is 0 Å². The fourth-order valence-corrected chi connectivity index (χ4v) is 2.48. The van der Waals surface area contributed by atoms with Gasteiger partial charge in [-0.3, -0.25) is 9.59 Å². The van der Waals surface area contributed by atoms with Crippen molar-refractivity contribution in [2.45, 2.75) is 26.3 Å². The van der Waals surface area contributed by atoms with Crippen LogP contribution in [0.1, 0.15) is 41.0 Å². The highest BCUT2D eigenvalue weighted by atomic mass is 16.4. The van der Waals surface area contributed by atoms with Crippen LogP contribution in [0.2, 0.25) is 0 Å². The summed E-state index contributed by atoms with van der Waals surface area (Å²) in [5.41, 5.74) is 1.00. The summed E-state index contributed by atoms with van der Waals surface area (Å²) < 4.78 is 0. The van der Waals surface area contributed by atoms with Crippen LogP contribution >= 0.6 is 0 Å². The molecular formula is C20H22N2O4. The normalized spacial score (nSPS) is 12.7. The zero-order valence-electron chi connectivity index (χ0n) is 14.7. The SMILES string of the molecule is CC[C@H](C)[C@@H](NC(=O)c1ccccc1NC(=O)c1ccccc1)C(=O)O. The van der Waals surface area contributed by atoms with E-state index in [2.05, 4.69) is 10.6 Å². The van der Waals surface area contributed by atoms with Crippen molar-refractivity contribution in [3.63, 3.8) is 0 Å². The van der Waals surface area contributed by atoms with Gasteiger partial charge in [-0.05, 0) is 30.2 Å². The number of rotatable bonds is 7. The summed E-state index contributed by atoms with van der Waals surface area (Å²) in [5, 5.41) is 14.6. The van der Waals surface area contributed by atoms with Gasteiger partial charge in [-0.25, -0.2) is 4.79 Å². The summed E-state index contributed by atoms with van der Waals surface area (Å²) in [6.07, 6.45) is 0.615. The lowest BCUT2D eigenvalue weighted by Gasteiger charge is -2.21. The lowest BCUT2D eigenvalue weighted by molar-refractivity contribution is -0.140. The molecule has 2 aromatic carbocycles. The Bertz CT molecular complexity index is 789. The number of benzene rings is 2. The van der Waals surface area contributed by atoms with Gasteiger partial charge < -0.3 is 15.7 Å². The van der Waals surface area contributed by atoms with Crippen molar-refractivity contribution in [2.24, 2.45) is 5.92 Å². The third-order valence-corrected chi connectivity index (χ3v) is 4.22. The number of carboxylic acid groups (broad SMARTS) is 1. The Hall–Kier alpha value is -3.15. The van der Waals surface area contributed by atoms with Crippen molar-refractivity contribution in [2.75, 3.05) is 5.32 Å². The van der Waals surface area contributed by atoms with Gasteiger partial charge in [-0.15, -0.1) is 0 Å². The molecule has 26 heavy (non-hydrogen) atoms. The molecule has 2 rings (SSSR count). The van der Waals surface area contributed by atoms with E-state index in [4.69, 9.17) is 0 Å². The maximum absolute atomic E-state index is 12.6. The van der Waals surface area contributed by atoms with Gasteiger partial charge in [0.25, 0.3) is 11.8 Å². The Morgan fingerprint density at radius 2 is 1.58 bits per heavy atom. The van der Waals surface area contributed by atoms with Crippen molar-refractivity contribution < 1.29 is 19.5 Å². The van der Waals surface area contributed by atoms with Gasteiger partial charge in [0.15, 0.2) is 0 Å². The third kappa shape index (κ3) is 4.69. The fourth-order valence-electron chi connectivity index (χ4n) is 2.48. The van der Waals surface area contributed by atoms with Crippen molar-refractivity contribution in [3.8, 4) is 0 Å². The van der Waals surface area contributed by atoms with Crippen LogP contribution in [0.25, 0.3) is 0 Å². The Labute approximate surface area is 152 Å². The number of carbonyl (C=O) groups excluding carboxylic acids is 2. The number of carbonyl (C=O) groups is 3. The van der Waals surface area contributed by atoms with Gasteiger partial charge in [0, 0.05) is 5.56 Å². The van der Waals surface area contributed by atoms with Crippen LogP contribution in [0.3, 0.4) is 0 Å². The molecule has 0 radical (unpaired) electrons. The summed E-state index contributed by atoms with van der Waals surface area (Å²) >= 11 is 0. The quantitative estimate of drug-likeness (QED) is 0.712. The smallest absolute Gasteiger partial charge is 0.326 e. The molecule has 0 heterocycles. The molecule has 6 nitrogen and oxygen atoms in total. The van der Waals surface area contributed by atoms with E-state index in [0.717, 1.165) is 0 Å². The Morgan fingerprint density at radius 1 is 0.962 bits per heavy atom. The van der Waals surface area contributed by atoms with Gasteiger partial charge in [0.05, 0.1) is 11.3 Å². The van der Waals surface area contributed by atoms with E-state index in [0.29, 0.717) is 17.7 Å². The number of aliphatic carboxylic acids is 1. The molecular weight excluding hydrogens is 332 g/mol. The molecule has 2 aromatic rings. The topological polar surface area (TPSA) is 95.5 Å². The van der Waals surface area contributed by atoms with E-state index in [9.17, 15) is 19.5 Å². The molecule has 0 saturated heterocycles. The largest absolute Gasteiger partial charge is 0.480 e. The Balaban J connectivity index is 2.21. The van der Waals surface area contributed by atoms with E-state index in [1.54, 1.807) is 61.5 Å². The van der Waals surface area contributed by atoms with Crippen molar-refractivity contribution in [1.82, 2.24) is 5.32 Å². The average molecular weight is 354 g/mol. The molecule has 0 unspecified atom stereocenters. The van der Waals surface area contributed by atoms with Gasteiger partial charge in [0.1, 0.15) is 6.04 Å². The number of hydrogen-bond donors (Lipinski definition) is 3. The molecule has 0 bridgehead atoms. The van der Waals surface area contributed by atoms with E-state index < -0.39 is 17.9 Å². The lowest BCUT2D eigenvalue weighted by atomic mass is 9.98. The Kier molecular flexibility index (Phi) is 6.49. The van der Waals surface area contributed by atoms with Crippen molar-refractivity contribution >= 4 is 23.5 Å². The molecule has 0 aliphatic carbocycles. The minimum atomic E-state index is -1.08. The summed E-state index contributed by atoms with van der Waals surface area (Å²) in [4.78, 5) is 36.4. The lowest BCUT2D eigenvalue weighted by Crippen LogP contribution is -2.45. The summed E-state index contributed by atoms with van der Waals surface area (Å²) in [6.45, 7) is 3.63. The molecule has 0 aromatic heterocycles. The van der Waals surface area contributed by atoms with Crippen LogP contribution in [0, 0.1) is 5.92 Å². The van der Waals surface area contributed by atoms with Crippen molar-refractivity contribution in [1.29, 1.82) is 0 Å². The van der Waals surface area contributed by atoms with E-state index in [1.807, 2.05) is 6.92 Å². The molecule has 3 N–H and O–H groups in total. The predicted octanol–water partition coefficient (Wildman–Crippen LogP) is 3.17. The van der Waals surface area contributed by atoms with Crippen LogP contribution < -0.4 is 10.6 Å². The zero-order valence-corrected chi connectivity index (χ0v) is 14.7. The number of amides is 2. The standard InChI is InChI=1S/C20H22N2O4/c1-3-13(2)17(20(25)26)22-19(24)15-11-7-8-12-16(15)21-18(23)14-9-5-4-6-10-14/h4-13,17H,3H2,1-2H3,(H,21,23)(H,22,24)(H,25,26)/t13-,17+/m0/s1. The minimum Gasteiger partial charge on any atom is -0.480 e. The van der Waals surface area contributed by atoms with E-state index >= 15 is 0 Å². The van der Waals surface area contributed by atoms with Crippen LogP contribution in [0.4, 0.5) is 5.69 Å². The minimum absolute atomic E-state index is 0.214. The number of carboxylic acids is 1. The number of hydrogen-bond acceptors (Lipinski definition) is 3. The average Bonchev–Trinajstić information content (AvgIpc) is 2.66. The van der Waals surface area contributed by atoms with Crippen molar-refractivity contribution in [3.05, 3.63) is 65.7 Å². The molecule has 0 aliphatic heterocycles. The first-order valence-corrected chi connectivity index (χ1v) is 8.43. The first kappa shape index (κ1) is 19.2. The molecule has 0 aliphatic rings. The summed E-state index contributed by atoms with van der Waals surface area (Å²) in [6, 6.07) is 14.1. The number of para-hydroxylation sites is 1. The number of anilines is 1. The molecule has 136 valence electrons. The van der Waals surface area contributed by atoms with E-state index in [-0.39, 0.29) is 17.4 Å². The maximum Gasteiger partial charge on any atom is 0.326 e. The zero-order chi connectivity index (χ0) is 19.1. The van der Waals surface area contributed by atoms with Crippen LogP contribution in [0.5, 0.6) is 0 Å². The highest BCUT2D eigenvalue weighted by Gasteiger charge is 2.26. The second-order valence-corrected chi connectivity index (χ2v) is 6.04. The summed E-state index contributed by atoms with van der Waals surface area (Å²) in [5.74, 6) is -2.19. The van der Waals surface area contributed by atoms with E-state index in [1.165, 1.54) is 0 Å². The monoisotopic (exact) mass is 354 g/mol.